The average Bonchev–Trinajstić information content (AvgIpc) is 3.52. The zero-order valence-corrected chi connectivity index (χ0v) is 21.8. The van der Waals surface area contributed by atoms with Gasteiger partial charge in [0.05, 0.1) is 23.3 Å². The van der Waals surface area contributed by atoms with Gasteiger partial charge in [0.25, 0.3) is 0 Å². The fraction of sp³-hybridized carbons (Fsp3) is 0.207. The number of amides is 1. The van der Waals surface area contributed by atoms with Gasteiger partial charge in [-0.15, -0.1) is 0 Å². The lowest BCUT2D eigenvalue weighted by Crippen LogP contribution is -2.33. The van der Waals surface area contributed by atoms with Crippen LogP contribution in [0.3, 0.4) is 0 Å². The van der Waals surface area contributed by atoms with Crippen LogP contribution in [0.5, 0.6) is 0 Å². The van der Waals surface area contributed by atoms with Crippen LogP contribution in [0.1, 0.15) is 41.0 Å². The van der Waals surface area contributed by atoms with E-state index >= 15 is 0 Å². The van der Waals surface area contributed by atoms with Crippen molar-refractivity contribution in [2.24, 2.45) is 0 Å². The van der Waals surface area contributed by atoms with Crippen molar-refractivity contribution < 1.29 is 18.0 Å². The molecule has 3 heterocycles. The van der Waals surface area contributed by atoms with Crippen LogP contribution >= 0.6 is 12.2 Å². The van der Waals surface area contributed by atoms with E-state index in [9.17, 15) is 18.0 Å². The van der Waals surface area contributed by atoms with Crippen molar-refractivity contribution in [3.63, 3.8) is 0 Å². The molecule has 5 rings (SSSR count). The Kier molecular flexibility index (Phi) is 7.38. The van der Waals surface area contributed by atoms with Gasteiger partial charge in [0.1, 0.15) is 0 Å². The maximum Gasteiger partial charge on any atom is 0.416 e. The zero-order valence-electron chi connectivity index (χ0n) is 21.0. The molecule has 0 spiro atoms. The molecule has 1 amide bonds. The first-order chi connectivity index (χ1) is 18.7. The summed E-state index contributed by atoms with van der Waals surface area (Å²) in [5.74, 6) is -0.170. The van der Waals surface area contributed by atoms with E-state index in [1.165, 1.54) is 6.07 Å². The number of carbonyl (C=O) groups is 1. The predicted octanol–water partition coefficient (Wildman–Crippen LogP) is 6.20. The Morgan fingerprint density at radius 3 is 2.62 bits per heavy atom. The number of carbonyl (C=O) groups excluding carboxylic acids is 1. The number of nitrogens with one attached hydrogen (secondary N) is 2. The summed E-state index contributed by atoms with van der Waals surface area (Å²) in [6.45, 7) is 2.25. The second-order valence-corrected chi connectivity index (χ2v) is 9.73. The van der Waals surface area contributed by atoms with Crippen LogP contribution in [0.25, 0.3) is 5.69 Å². The van der Waals surface area contributed by atoms with Gasteiger partial charge in [0.15, 0.2) is 5.11 Å². The minimum absolute atomic E-state index is 0.158. The van der Waals surface area contributed by atoms with Crippen LogP contribution in [0.2, 0.25) is 0 Å². The van der Waals surface area contributed by atoms with E-state index in [4.69, 9.17) is 12.2 Å². The van der Waals surface area contributed by atoms with E-state index in [1.54, 1.807) is 29.1 Å². The highest BCUT2D eigenvalue weighted by atomic mass is 32.1. The van der Waals surface area contributed by atoms with Gasteiger partial charge in [-0.05, 0) is 79.3 Å². The van der Waals surface area contributed by atoms with Gasteiger partial charge in [-0.2, -0.15) is 13.2 Å². The summed E-state index contributed by atoms with van der Waals surface area (Å²) >= 11 is 5.69. The summed E-state index contributed by atoms with van der Waals surface area (Å²) in [5.41, 5.74) is 2.84. The summed E-state index contributed by atoms with van der Waals surface area (Å²) in [5, 5.41) is 6.68. The van der Waals surface area contributed by atoms with Crippen molar-refractivity contribution in [1.29, 1.82) is 0 Å². The lowest BCUT2D eigenvalue weighted by molar-refractivity contribution is -0.137. The minimum Gasteiger partial charge on any atom is -0.352 e. The van der Waals surface area contributed by atoms with Crippen molar-refractivity contribution in [3.05, 3.63) is 114 Å². The van der Waals surface area contributed by atoms with Gasteiger partial charge in [-0.25, -0.2) is 0 Å². The minimum atomic E-state index is -4.47. The molecule has 4 aromatic rings. The summed E-state index contributed by atoms with van der Waals surface area (Å²) in [6, 6.07) is 21.1. The van der Waals surface area contributed by atoms with Crippen LogP contribution in [0.15, 0.2) is 91.3 Å². The van der Waals surface area contributed by atoms with Crippen molar-refractivity contribution in [2.45, 2.75) is 31.6 Å². The number of nitrogens with zero attached hydrogens (tertiary/aromatic N) is 3. The van der Waals surface area contributed by atoms with Crippen molar-refractivity contribution >= 4 is 28.9 Å². The summed E-state index contributed by atoms with van der Waals surface area (Å²) in [7, 11) is 0. The molecule has 200 valence electrons. The average molecular weight is 550 g/mol. The van der Waals surface area contributed by atoms with Crippen LogP contribution in [-0.2, 0) is 11.0 Å². The Hall–Kier alpha value is -4.18. The van der Waals surface area contributed by atoms with Gasteiger partial charge in [-0.3, -0.25) is 9.78 Å². The molecule has 2 aromatic carbocycles. The van der Waals surface area contributed by atoms with E-state index in [0.717, 1.165) is 29.1 Å². The largest absolute Gasteiger partial charge is 0.416 e. The Balaban J connectivity index is 1.46. The first-order valence-corrected chi connectivity index (χ1v) is 12.8. The third kappa shape index (κ3) is 5.80. The van der Waals surface area contributed by atoms with Crippen LogP contribution < -0.4 is 10.6 Å². The fourth-order valence-corrected chi connectivity index (χ4v) is 5.17. The molecule has 0 aliphatic carbocycles. The number of benzene rings is 2. The topological polar surface area (TPSA) is 62.2 Å². The number of pyridine rings is 1. The standard InChI is InChI=1S/C29H26F3N5OS/c1-19-7-4-9-21(17-19)34-25(38)13-16-37-27(26(35-28(37)39)23-11-2-3-14-33-23)24-12-6-15-36(24)22-10-5-8-20(18-22)29(30,31)32/h2-12,14-15,17-18,26-27H,13,16H2,1H3,(H,34,38)(H,35,39)/t26-,27+/m1/s1. The Morgan fingerprint density at radius 1 is 1.05 bits per heavy atom. The Bertz CT molecular complexity index is 1490. The smallest absolute Gasteiger partial charge is 0.352 e. The van der Waals surface area contributed by atoms with E-state index < -0.39 is 17.8 Å². The lowest BCUT2D eigenvalue weighted by Gasteiger charge is -2.29. The normalized spacial score (nSPS) is 17.2. The molecule has 0 bridgehead atoms. The summed E-state index contributed by atoms with van der Waals surface area (Å²) < 4.78 is 42.1. The number of halogens is 3. The molecule has 39 heavy (non-hydrogen) atoms. The Labute approximate surface area is 229 Å². The quantitative estimate of drug-likeness (QED) is 0.269. The number of aromatic nitrogens is 2. The van der Waals surface area contributed by atoms with Crippen LogP contribution in [-0.4, -0.2) is 32.0 Å². The third-order valence-electron chi connectivity index (χ3n) is 6.61. The molecule has 0 saturated carbocycles. The first kappa shape index (κ1) is 26.4. The summed E-state index contributed by atoms with van der Waals surface area (Å²) in [4.78, 5) is 19.2. The van der Waals surface area contributed by atoms with E-state index in [1.807, 2.05) is 60.4 Å². The van der Waals surface area contributed by atoms with E-state index in [-0.39, 0.29) is 18.4 Å². The van der Waals surface area contributed by atoms with Crippen molar-refractivity contribution in [3.8, 4) is 5.69 Å². The van der Waals surface area contributed by atoms with Gasteiger partial charge >= 0.3 is 6.18 Å². The molecule has 10 heteroatoms. The molecule has 1 saturated heterocycles. The van der Waals surface area contributed by atoms with Gasteiger partial charge in [0.2, 0.25) is 5.91 Å². The molecule has 1 aliphatic heterocycles. The third-order valence-corrected chi connectivity index (χ3v) is 6.97. The predicted molar refractivity (Wildman–Crippen MR) is 147 cm³/mol. The second kappa shape index (κ2) is 10.9. The summed E-state index contributed by atoms with van der Waals surface area (Å²) in [6.07, 6.45) is -0.899. The number of hydrogen-bond donors (Lipinski definition) is 2. The SMILES string of the molecule is Cc1cccc(NC(=O)CCN2C(=S)N[C@H](c3ccccn3)[C@@H]2c2cccn2-c2cccc(C(F)(F)F)c2)c1. The highest BCUT2D eigenvalue weighted by Crippen LogP contribution is 2.40. The molecule has 2 atom stereocenters. The molecular weight excluding hydrogens is 523 g/mol. The number of rotatable bonds is 7. The van der Waals surface area contributed by atoms with Gasteiger partial charge in [-0.1, -0.05) is 24.3 Å². The molecule has 1 aliphatic rings. The number of thiocarbonyl (C=S) groups is 1. The van der Waals surface area contributed by atoms with E-state index in [0.29, 0.717) is 23.0 Å². The molecule has 0 unspecified atom stereocenters. The highest BCUT2D eigenvalue weighted by molar-refractivity contribution is 7.80. The first-order valence-electron chi connectivity index (χ1n) is 12.4. The number of alkyl halides is 3. The highest BCUT2D eigenvalue weighted by Gasteiger charge is 2.41. The number of anilines is 1. The molecular formula is C29H26F3N5OS. The Morgan fingerprint density at radius 2 is 1.87 bits per heavy atom. The second-order valence-electron chi connectivity index (χ2n) is 9.34. The van der Waals surface area contributed by atoms with Crippen molar-refractivity contribution in [2.75, 3.05) is 11.9 Å². The molecule has 0 radical (unpaired) electrons. The number of aryl methyl sites for hydroxylation is 1. The van der Waals surface area contributed by atoms with Crippen molar-refractivity contribution in [1.82, 2.24) is 19.8 Å². The maximum atomic E-state index is 13.5. The molecule has 2 aromatic heterocycles. The van der Waals surface area contributed by atoms with Crippen LogP contribution in [0, 0.1) is 6.92 Å². The lowest BCUT2D eigenvalue weighted by atomic mass is 10.0. The van der Waals surface area contributed by atoms with Gasteiger partial charge < -0.3 is 20.1 Å². The van der Waals surface area contributed by atoms with Crippen LogP contribution in [0.4, 0.5) is 18.9 Å². The molecule has 6 nitrogen and oxygen atoms in total. The monoisotopic (exact) mass is 549 g/mol. The maximum absolute atomic E-state index is 13.5. The zero-order chi connectivity index (χ0) is 27.6. The number of hydrogen-bond acceptors (Lipinski definition) is 3. The van der Waals surface area contributed by atoms with E-state index in [2.05, 4.69) is 15.6 Å². The molecule has 2 N–H and O–H groups in total. The fourth-order valence-electron chi connectivity index (χ4n) is 4.84. The van der Waals surface area contributed by atoms with Gasteiger partial charge in [0, 0.05) is 42.4 Å². The molecule has 1 fully saturated rings.